The summed E-state index contributed by atoms with van der Waals surface area (Å²) < 4.78 is 116. The van der Waals surface area contributed by atoms with Crippen LogP contribution in [0.25, 0.3) is 22.3 Å². The summed E-state index contributed by atoms with van der Waals surface area (Å²) in [5, 5.41) is 22.5. The molecule has 78 heavy (non-hydrogen) atoms. The number of imidazole rings is 2. The number of fused-ring (bicyclic) bond motifs is 2. The second kappa shape index (κ2) is 22.8. The van der Waals surface area contributed by atoms with Crippen molar-refractivity contribution in [1.82, 2.24) is 48.5 Å². The van der Waals surface area contributed by atoms with Crippen molar-refractivity contribution in [3.8, 4) is 0 Å². The van der Waals surface area contributed by atoms with Gasteiger partial charge in [0.15, 0.2) is 30.2 Å². The third-order valence-electron chi connectivity index (χ3n) is 12.3. The molecule has 8 rings (SSSR count). The van der Waals surface area contributed by atoms with Crippen LogP contribution in [0.3, 0.4) is 0 Å². The number of carbonyl (C=O) groups is 1. The van der Waals surface area contributed by atoms with Gasteiger partial charge >= 0.3 is 42.6 Å². The van der Waals surface area contributed by atoms with Crippen LogP contribution < -0.4 is 32.8 Å². The van der Waals surface area contributed by atoms with E-state index in [9.17, 15) is 67.2 Å². The van der Waals surface area contributed by atoms with E-state index in [0.29, 0.717) is 0 Å². The minimum atomic E-state index is -6.23. The van der Waals surface area contributed by atoms with Gasteiger partial charge in [-0.3, -0.25) is 56.1 Å². The monoisotopic (exact) mass is 1190 g/mol. The number of rotatable bonds is 22. The molecule has 3 fully saturated rings. The van der Waals surface area contributed by atoms with Crippen LogP contribution in [0.1, 0.15) is 25.1 Å². The molecule has 8 heterocycles. The van der Waals surface area contributed by atoms with Crippen molar-refractivity contribution in [2.75, 3.05) is 59.6 Å². The van der Waals surface area contributed by atoms with Crippen molar-refractivity contribution in [2.24, 2.45) is 13.0 Å². The molecule has 3 saturated heterocycles. The number of nitrogens with zero attached hydrogens (tertiary/aromatic N) is 9. The van der Waals surface area contributed by atoms with Gasteiger partial charge in [0.1, 0.15) is 54.6 Å². The highest BCUT2D eigenvalue weighted by molar-refractivity contribution is 7.66. The van der Waals surface area contributed by atoms with Crippen molar-refractivity contribution in [3.63, 3.8) is 0 Å². The van der Waals surface area contributed by atoms with Gasteiger partial charge < -0.3 is 69.8 Å². The maximum Gasteiger partial charge on any atom is 0.490 e. The Morgan fingerprint density at radius 2 is 1.41 bits per heavy atom. The number of amides is 1. The summed E-state index contributed by atoms with van der Waals surface area (Å²) in [6, 6.07) is 0.990. The van der Waals surface area contributed by atoms with Crippen LogP contribution >= 0.6 is 31.3 Å². The van der Waals surface area contributed by atoms with Gasteiger partial charge in [-0.1, -0.05) is 4.98 Å². The number of nitrogens with one attached hydrogen (secondary N) is 2. The molecular formula is C36H52N13O25P4+. The minimum absolute atomic E-state index is 0.00692. The number of nitrogen functional groups attached to an aromatic ring is 2. The van der Waals surface area contributed by atoms with E-state index in [1.54, 1.807) is 0 Å². The third kappa shape index (κ3) is 12.6. The molecule has 0 bridgehead atoms. The van der Waals surface area contributed by atoms with E-state index in [1.165, 1.54) is 53.2 Å². The number of phosphoric acid groups is 4. The van der Waals surface area contributed by atoms with Gasteiger partial charge in [0.2, 0.25) is 17.7 Å². The van der Waals surface area contributed by atoms with E-state index in [2.05, 4.69) is 33.5 Å². The molecule has 5 unspecified atom stereocenters. The average Bonchev–Trinajstić information content (AvgIpc) is 4.28. The van der Waals surface area contributed by atoms with E-state index in [4.69, 9.17) is 53.2 Å². The van der Waals surface area contributed by atoms with Crippen LogP contribution in [-0.2, 0) is 80.5 Å². The Kier molecular flexibility index (Phi) is 17.2. The molecule has 5 aromatic rings. The first-order valence-corrected chi connectivity index (χ1v) is 28.5. The van der Waals surface area contributed by atoms with Gasteiger partial charge in [-0.05, 0) is 0 Å². The number of H-pyrrole nitrogens is 2. The van der Waals surface area contributed by atoms with Crippen LogP contribution in [0.5, 0.6) is 0 Å². The van der Waals surface area contributed by atoms with Gasteiger partial charge in [0.25, 0.3) is 17.1 Å². The molecule has 12 N–H and O–H groups in total. The first kappa shape index (κ1) is 59.0. The van der Waals surface area contributed by atoms with E-state index >= 15 is 0 Å². The lowest BCUT2D eigenvalue weighted by molar-refractivity contribution is -0.745. The number of ether oxygens (including phenoxy) is 5. The Labute approximate surface area is 435 Å². The van der Waals surface area contributed by atoms with E-state index in [1.807, 2.05) is 4.98 Å². The second-order valence-electron chi connectivity index (χ2n) is 17.6. The van der Waals surface area contributed by atoms with Crippen molar-refractivity contribution in [2.45, 2.75) is 73.9 Å². The molecule has 3 aliphatic rings. The molecule has 0 aromatic carbocycles. The zero-order chi connectivity index (χ0) is 57.0. The maximum atomic E-state index is 13.7. The van der Waals surface area contributed by atoms with Gasteiger partial charge in [0.05, 0.1) is 39.3 Å². The smallest absolute Gasteiger partial charge is 0.387 e. The molecule has 3 aliphatic heterocycles. The lowest BCUT2D eigenvalue weighted by Gasteiger charge is -2.26. The summed E-state index contributed by atoms with van der Waals surface area (Å²) in [5.74, 6) is -2.18. The van der Waals surface area contributed by atoms with E-state index in [0.717, 1.165) is 36.6 Å². The highest BCUT2D eigenvalue weighted by atomic mass is 31.3. The number of hydrogen-bond donors (Lipinski definition) is 10. The number of carbonyl (C=O) groups excluding carboxylic acids is 1. The summed E-state index contributed by atoms with van der Waals surface area (Å²) >= 11 is 0. The number of aryl methyl sites for hydroxylation is 1. The van der Waals surface area contributed by atoms with Gasteiger partial charge in [-0.25, -0.2) is 42.6 Å². The van der Waals surface area contributed by atoms with Crippen molar-refractivity contribution >= 4 is 71.3 Å². The summed E-state index contributed by atoms with van der Waals surface area (Å²) in [6.45, 7) is -3.25. The van der Waals surface area contributed by atoms with Crippen LogP contribution in [-0.4, -0.2) is 181 Å². The third-order valence-corrected chi connectivity index (χ3v) is 17.5. The predicted molar refractivity (Wildman–Crippen MR) is 253 cm³/mol. The molecule has 430 valence electrons. The average molecular weight is 1190 g/mol. The number of anilines is 2. The molecular weight excluding hydrogens is 1140 g/mol. The molecule has 0 radical (unpaired) electrons. The Balaban J connectivity index is 0.955. The fourth-order valence-electron chi connectivity index (χ4n) is 8.75. The first-order chi connectivity index (χ1) is 36.5. The normalized spacial score (nSPS) is 29.6. The van der Waals surface area contributed by atoms with Crippen molar-refractivity contribution < 1.29 is 108 Å². The fourth-order valence-corrected chi connectivity index (χ4v) is 13.2. The molecule has 0 saturated carbocycles. The highest BCUT2D eigenvalue weighted by Gasteiger charge is 2.54. The minimum Gasteiger partial charge on any atom is -0.387 e. The van der Waals surface area contributed by atoms with Crippen LogP contribution in [0.2, 0.25) is 0 Å². The number of phosphoric ester groups is 3. The molecule has 5 aromatic heterocycles. The topological polar surface area (TPSA) is 517 Å². The number of methoxy groups -OCH3 is 2. The quantitative estimate of drug-likeness (QED) is 0.0238. The lowest BCUT2D eigenvalue weighted by atomic mass is 9.94. The number of aromatic amines is 2. The zero-order valence-electron chi connectivity index (χ0n) is 41.1. The number of nitrogens with two attached hydrogens (primary N) is 2. The van der Waals surface area contributed by atoms with E-state index < -0.39 is 154 Å². The molecule has 16 atom stereocenters. The standard InChI is InChI=1S/C36H51N13O25P4/c1-45(2)20(51)8-15-16(69-32(23(15)52)49-14-46(3)22-30(49)43-35(38)44-31(22)54)9-67-76(58,59)73-78(62,63)74-77(60,61)68-11-18-25(27(65-5)34(71-18)48-13-41-21-28(37)39-12-40-29(21)48)72-75(56,57)66-10-17-24(53)26(64-4)33(70-17)47-7-6-19(50)42-36(47)55/h6-7,12-18,23-27,32-34,52-53H,8-11H2,1-5H3,(H9-,37,38,39,40,42,43,44,50,54,55,56,57,58,59,60,61,62,63)/p+1/t15-,16-,17-,18-,23-,24-,25-,26-,27-,32?,33-,34-/m1/s1. The SMILES string of the molecule is CO[C@@H]1[C@H](O)[C@@H](COP(=O)(O)O[C@H]2[C@@H](OC)[C@H](n3cnc4c(N)ncnc43)O[C@@H]2COP(=O)(O)OP(=O)(O)OP(=O)(O)OC[C@H]2OC([n+]3cn(C)c4c(=O)[nH]c(N)nc43)[C@H](O)[C@@H]2CC(=O)N(C)C)O[C@H]1n1ccc(=O)[nH]c1=O. The Morgan fingerprint density at radius 1 is 0.795 bits per heavy atom. The van der Waals surface area contributed by atoms with E-state index in [-0.39, 0.29) is 34.1 Å². The summed E-state index contributed by atoms with van der Waals surface area (Å²) in [6.07, 6.45) is -13.0. The van der Waals surface area contributed by atoms with Crippen LogP contribution in [0.4, 0.5) is 11.8 Å². The molecule has 38 nitrogen and oxygen atoms in total. The summed E-state index contributed by atoms with van der Waals surface area (Å²) in [7, 11) is -17.0. The number of aromatic nitrogens is 10. The van der Waals surface area contributed by atoms with Gasteiger partial charge in [0, 0.05) is 52.9 Å². The van der Waals surface area contributed by atoms with Gasteiger partial charge in [-0.15, -0.1) is 0 Å². The van der Waals surface area contributed by atoms with Crippen LogP contribution in [0, 0.1) is 5.92 Å². The summed E-state index contributed by atoms with van der Waals surface area (Å²) in [4.78, 5) is 114. The van der Waals surface area contributed by atoms with Crippen molar-refractivity contribution in [1.29, 1.82) is 0 Å². The zero-order valence-corrected chi connectivity index (χ0v) is 44.6. The predicted octanol–water partition coefficient (Wildman–Crippen LogP) is -3.49. The molecule has 0 spiro atoms. The lowest BCUT2D eigenvalue weighted by Crippen LogP contribution is -2.45. The fraction of sp³-hybridized carbons (Fsp3) is 0.583. The second-order valence-corrected chi connectivity index (χ2v) is 23.6. The highest BCUT2D eigenvalue weighted by Crippen LogP contribution is 2.68. The number of hydrogen-bond acceptors (Lipinski definition) is 27. The summed E-state index contributed by atoms with van der Waals surface area (Å²) in [5.41, 5.74) is 9.34. The number of aliphatic hydroxyl groups excluding tert-OH is 2. The molecule has 0 aliphatic carbocycles. The van der Waals surface area contributed by atoms with Crippen LogP contribution in [0.15, 0.2) is 45.6 Å². The molecule has 1 amide bonds. The Morgan fingerprint density at radius 3 is 2.05 bits per heavy atom. The largest absolute Gasteiger partial charge is 0.490 e. The Hall–Kier alpha value is -5.11. The maximum absolute atomic E-state index is 13.7. The van der Waals surface area contributed by atoms with Gasteiger partial charge in [-0.2, -0.15) is 8.62 Å². The number of aliphatic hydroxyl groups is 2. The Bertz CT molecular complexity index is 3430. The molecule has 42 heteroatoms. The van der Waals surface area contributed by atoms with Crippen molar-refractivity contribution in [3.05, 3.63) is 62.4 Å². The first-order valence-electron chi connectivity index (χ1n) is 22.5.